The third kappa shape index (κ3) is 6.45. The molecule has 4 aromatic rings. The fourth-order valence-electron chi connectivity index (χ4n) is 4.86. The molecular formula is C30H35N7O3. The summed E-state index contributed by atoms with van der Waals surface area (Å²) < 4.78 is 7.07. The molecule has 1 aliphatic heterocycles. The number of morpholine rings is 1. The van der Waals surface area contributed by atoms with Crippen LogP contribution >= 0.6 is 0 Å². The minimum atomic E-state index is -0.875. The number of ether oxygens (including phenoxy) is 1. The van der Waals surface area contributed by atoms with Crippen LogP contribution in [-0.4, -0.2) is 68.5 Å². The Hall–Kier alpha value is -4.31. The van der Waals surface area contributed by atoms with Gasteiger partial charge >= 0.3 is 0 Å². The molecule has 40 heavy (non-hydrogen) atoms. The van der Waals surface area contributed by atoms with Crippen molar-refractivity contribution in [2.75, 3.05) is 31.2 Å². The van der Waals surface area contributed by atoms with E-state index in [0.717, 1.165) is 35.4 Å². The van der Waals surface area contributed by atoms with Gasteiger partial charge in [-0.2, -0.15) is 0 Å². The molecule has 2 aromatic heterocycles. The van der Waals surface area contributed by atoms with Gasteiger partial charge in [-0.1, -0.05) is 35.5 Å². The number of nitrogens with zero attached hydrogens (tertiary/aromatic N) is 6. The first kappa shape index (κ1) is 27.3. The maximum absolute atomic E-state index is 14.1. The average molecular weight is 542 g/mol. The molecule has 0 bridgehead atoms. The van der Waals surface area contributed by atoms with Gasteiger partial charge in [-0.15, -0.1) is 5.10 Å². The second kappa shape index (κ2) is 11.8. The number of rotatable bonds is 8. The van der Waals surface area contributed by atoms with Crippen molar-refractivity contribution in [2.24, 2.45) is 0 Å². The minimum absolute atomic E-state index is 0.0636. The van der Waals surface area contributed by atoms with Gasteiger partial charge in [0.2, 0.25) is 11.8 Å². The number of nitrogens with one attached hydrogen (secondary N) is 1. The van der Waals surface area contributed by atoms with Gasteiger partial charge in [-0.25, -0.2) is 4.68 Å². The fraction of sp³-hybridized carbons (Fsp3) is 0.367. The normalized spacial score (nSPS) is 14.6. The predicted molar refractivity (Wildman–Crippen MR) is 152 cm³/mol. The van der Waals surface area contributed by atoms with Crippen molar-refractivity contribution in [3.8, 4) is 0 Å². The first-order valence-corrected chi connectivity index (χ1v) is 13.5. The van der Waals surface area contributed by atoms with Gasteiger partial charge < -0.3 is 19.9 Å². The Labute approximate surface area is 233 Å². The zero-order chi connectivity index (χ0) is 28.1. The maximum Gasteiger partial charge on any atom is 0.247 e. The standard InChI is InChI=1S/C30H35N7O3/c1-30(2,3)32-29(39)28(23-10-12-24(13-11-23)35-15-17-40-18-16-35)36(20-22-7-6-14-31-19-22)27(38)21-37-26-9-5-4-8-25(26)33-34-37/h4-14,19,28H,15-18,20-21H2,1-3H3,(H,32,39)/t28-/m0/s1. The van der Waals surface area contributed by atoms with E-state index in [1.807, 2.05) is 81.4 Å². The van der Waals surface area contributed by atoms with Gasteiger partial charge in [0.25, 0.3) is 0 Å². The molecule has 10 heteroatoms. The molecule has 0 spiro atoms. The van der Waals surface area contributed by atoms with Crippen LogP contribution in [0.5, 0.6) is 0 Å². The number of hydrogen-bond donors (Lipinski definition) is 1. The SMILES string of the molecule is CC(C)(C)NC(=O)[C@H](c1ccc(N2CCOCC2)cc1)N(Cc1cccnc1)C(=O)Cn1nnc2ccccc21. The van der Waals surface area contributed by atoms with Crippen LogP contribution in [0.25, 0.3) is 11.0 Å². The van der Waals surface area contributed by atoms with E-state index < -0.39 is 11.6 Å². The Morgan fingerprint density at radius 3 is 2.48 bits per heavy atom. The molecule has 1 fully saturated rings. The second-order valence-electron chi connectivity index (χ2n) is 11.0. The number of aromatic nitrogens is 4. The molecule has 1 N–H and O–H groups in total. The van der Waals surface area contributed by atoms with Gasteiger partial charge in [-0.3, -0.25) is 14.6 Å². The highest BCUT2D eigenvalue weighted by Crippen LogP contribution is 2.28. The zero-order valence-corrected chi connectivity index (χ0v) is 23.2. The van der Waals surface area contributed by atoms with E-state index in [-0.39, 0.29) is 24.9 Å². The summed E-state index contributed by atoms with van der Waals surface area (Å²) in [5.74, 6) is -0.516. The van der Waals surface area contributed by atoms with Crippen molar-refractivity contribution >= 4 is 28.5 Å². The summed E-state index contributed by atoms with van der Waals surface area (Å²) in [5.41, 5.74) is 3.56. The van der Waals surface area contributed by atoms with Crippen LogP contribution in [0.2, 0.25) is 0 Å². The molecule has 1 aliphatic rings. The van der Waals surface area contributed by atoms with Crippen LogP contribution in [0.4, 0.5) is 5.69 Å². The van der Waals surface area contributed by atoms with Crippen LogP contribution in [0.3, 0.4) is 0 Å². The van der Waals surface area contributed by atoms with Gasteiger partial charge in [0.05, 0.1) is 18.7 Å². The van der Waals surface area contributed by atoms with E-state index in [1.165, 1.54) is 0 Å². The molecular weight excluding hydrogens is 506 g/mol. The molecule has 10 nitrogen and oxygen atoms in total. The van der Waals surface area contributed by atoms with E-state index in [9.17, 15) is 9.59 Å². The van der Waals surface area contributed by atoms with E-state index in [1.54, 1.807) is 22.0 Å². The number of amides is 2. The number of fused-ring (bicyclic) bond motifs is 1. The number of pyridine rings is 1. The van der Waals surface area contributed by atoms with Crippen LogP contribution in [0.15, 0.2) is 73.1 Å². The van der Waals surface area contributed by atoms with Crippen molar-refractivity contribution in [1.82, 2.24) is 30.2 Å². The molecule has 0 aliphatic carbocycles. The highest BCUT2D eigenvalue weighted by molar-refractivity contribution is 5.89. The van der Waals surface area contributed by atoms with E-state index in [2.05, 4.69) is 25.5 Å². The quantitative estimate of drug-likeness (QED) is 0.365. The summed E-state index contributed by atoms with van der Waals surface area (Å²) in [4.78, 5) is 36.1. The van der Waals surface area contributed by atoms with Crippen molar-refractivity contribution in [3.63, 3.8) is 0 Å². The molecule has 0 unspecified atom stereocenters. The summed E-state index contributed by atoms with van der Waals surface area (Å²) in [7, 11) is 0. The topological polar surface area (TPSA) is 105 Å². The third-order valence-corrected chi connectivity index (χ3v) is 6.74. The van der Waals surface area contributed by atoms with Crippen LogP contribution in [0, 0.1) is 0 Å². The van der Waals surface area contributed by atoms with Crippen LogP contribution in [-0.2, 0) is 27.4 Å². The zero-order valence-electron chi connectivity index (χ0n) is 23.2. The van der Waals surface area contributed by atoms with Crippen LogP contribution < -0.4 is 10.2 Å². The molecule has 3 heterocycles. The lowest BCUT2D eigenvalue weighted by molar-refractivity contribution is -0.142. The first-order chi connectivity index (χ1) is 19.3. The number of hydrogen-bond acceptors (Lipinski definition) is 7. The van der Waals surface area contributed by atoms with Gasteiger partial charge in [0.15, 0.2) is 0 Å². The Balaban J connectivity index is 1.52. The van der Waals surface area contributed by atoms with E-state index in [0.29, 0.717) is 18.7 Å². The largest absolute Gasteiger partial charge is 0.378 e. The lowest BCUT2D eigenvalue weighted by Gasteiger charge is -2.34. The monoisotopic (exact) mass is 541 g/mol. The number of carbonyl (C=O) groups excluding carboxylic acids is 2. The molecule has 2 aromatic carbocycles. The minimum Gasteiger partial charge on any atom is -0.378 e. The molecule has 208 valence electrons. The molecule has 2 amide bonds. The maximum atomic E-state index is 14.1. The Morgan fingerprint density at radius 1 is 1.02 bits per heavy atom. The number of anilines is 1. The summed E-state index contributed by atoms with van der Waals surface area (Å²) in [6.45, 7) is 8.91. The van der Waals surface area contributed by atoms with Gasteiger partial charge in [-0.05, 0) is 62.2 Å². The molecule has 1 saturated heterocycles. The lowest BCUT2D eigenvalue weighted by Crippen LogP contribution is -2.49. The summed E-state index contributed by atoms with van der Waals surface area (Å²) in [5, 5.41) is 11.5. The number of benzene rings is 2. The Morgan fingerprint density at radius 2 is 1.77 bits per heavy atom. The smallest absolute Gasteiger partial charge is 0.247 e. The second-order valence-corrected chi connectivity index (χ2v) is 11.0. The number of carbonyl (C=O) groups is 2. The molecule has 0 radical (unpaired) electrons. The van der Waals surface area contributed by atoms with E-state index >= 15 is 0 Å². The molecule has 5 rings (SSSR count). The Bertz CT molecular complexity index is 1440. The first-order valence-electron chi connectivity index (χ1n) is 13.5. The third-order valence-electron chi connectivity index (χ3n) is 6.74. The summed E-state index contributed by atoms with van der Waals surface area (Å²) in [6.07, 6.45) is 3.40. The van der Waals surface area contributed by atoms with Gasteiger partial charge in [0.1, 0.15) is 18.1 Å². The van der Waals surface area contributed by atoms with Crippen molar-refractivity contribution in [3.05, 3.63) is 84.2 Å². The highest BCUT2D eigenvalue weighted by Gasteiger charge is 2.34. The molecule has 1 atom stereocenters. The van der Waals surface area contributed by atoms with Gasteiger partial charge in [0, 0.05) is 43.3 Å². The number of para-hydroxylation sites is 1. The lowest BCUT2D eigenvalue weighted by atomic mass is 10.00. The fourth-order valence-corrected chi connectivity index (χ4v) is 4.86. The van der Waals surface area contributed by atoms with Crippen LogP contribution in [0.1, 0.15) is 37.9 Å². The van der Waals surface area contributed by atoms with Crippen molar-refractivity contribution < 1.29 is 14.3 Å². The van der Waals surface area contributed by atoms with E-state index in [4.69, 9.17) is 4.74 Å². The predicted octanol–water partition coefficient (Wildman–Crippen LogP) is 3.35. The highest BCUT2D eigenvalue weighted by atomic mass is 16.5. The van der Waals surface area contributed by atoms with Crippen molar-refractivity contribution in [1.29, 1.82) is 0 Å². The Kier molecular flexibility index (Phi) is 8.06. The summed E-state index contributed by atoms with van der Waals surface area (Å²) >= 11 is 0. The summed E-state index contributed by atoms with van der Waals surface area (Å²) in [6, 6.07) is 18.2. The average Bonchev–Trinajstić information content (AvgIpc) is 3.36. The molecule has 0 saturated carbocycles. The van der Waals surface area contributed by atoms with Crippen molar-refractivity contribution in [2.45, 2.75) is 45.4 Å².